The van der Waals surface area contributed by atoms with Crippen molar-refractivity contribution in [3.05, 3.63) is 47.7 Å². The molecule has 2 heterocycles. The Balaban J connectivity index is 1.98. The highest BCUT2D eigenvalue weighted by atomic mass is 16.5. The minimum atomic E-state index is -1.82. The minimum Gasteiger partial charge on any atom is -0.458 e. The molecule has 2 fully saturated rings. The van der Waals surface area contributed by atoms with Crippen molar-refractivity contribution in [1.82, 2.24) is 68.7 Å². The fraction of sp³-hybridized carbons (Fsp3) is 0.703. The fourth-order valence-corrected chi connectivity index (χ4v) is 11.9. The van der Waals surface area contributed by atoms with E-state index in [1.54, 1.807) is 127 Å². The van der Waals surface area contributed by atoms with Crippen LogP contribution in [0.15, 0.2) is 42.1 Å². The molecule has 0 radical (unpaired) electrons. The number of carbonyl (C=O) groups is 14. The monoisotopic (exact) mass is 1450 g/mol. The Morgan fingerprint density at radius 2 is 1.17 bits per heavy atom. The van der Waals surface area contributed by atoms with Crippen LogP contribution in [-0.2, 0) is 78.3 Å². The molecule has 103 heavy (non-hydrogen) atoms. The third-order valence-corrected chi connectivity index (χ3v) is 18.9. The third kappa shape index (κ3) is 27.2. The number of esters is 1. The van der Waals surface area contributed by atoms with E-state index in [1.807, 2.05) is 0 Å². The van der Waals surface area contributed by atoms with E-state index in [0.29, 0.717) is 30.7 Å². The number of hydrogen-bond donors (Lipinski definition) is 13. The maximum absolute atomic E-state index is 15.0. The largest absolute Gasteiger partial charge is 0.458 e. The quantitative estimate of drug-likeness (QED) is 0.0364. The third-order valence-electron chi connectivity index (χ3n) is 18.9. The first-order chi connectivity index (χ1) is 48.3. The molecule has 2 aliphatic heterocycles. The van der Waals surface area contributed by atoms with Crippen molar-refractivity contribution in [2.75, 3.05) is 13.1 Å². The molecular weight excluding hydrogens is 1320 g/mol. The van der Waals surface area contributed by atoms with Crippen molar-refractivity contribution in [2.45, 2.75) is 274 Å². The number of nitrogens with two attached hydrogens (primary N) is 1. The lowest BCUT2D eigenvalue weighted by molar-refractivity contribution is -0.157. The van der Waals surface area contributed by atoms with Gasteiger partial charge in [0.25, 0.3) is 5.91 Å². The van der Waals surface area contributed by atoms with Gasteiger partial charge in [-0.15, -0.1) is 0 Å². The van der Waals surface area contributed by atoms with Crippen molar-refractivity contribution in [3.63, 3.8) is 0 Å². The van der Waals surface area contributed by atoms with Crippen molar-refractivity contribution < 1.29 is 71.9 Å². The summed E-state index contributed by atoms with van der Waals surface area (Å²) in [6, 6.07) is -6.83. The van der Waals surface area contributed by atoms with Crippen molar-refractivity contribution in [1.29, 1.82) is 0 Å². The summed E-state index contributed by atoms with van der Waals surface area (Å²) in [5.74, 6) is -14.2. The van der Waals surface area contributed by atoms with Crippen LogP contribution in [0.4, 0.5) is 0 Å². The Morgan fingerprint density at radius 3 is 1.72 bits per heavy atom. The molecule has 1 aromatic carbocycles. The van der Waals surface area contributed by atoms with Gasteiger partial charge in [-0.1, -0.05) is 166 Å². The van der Waals surface area contributed by atoms with Crippen molar-refractivity contribution in [2.24, 2.45) is 53.1 Å². The summed E-state index contributed by atoms with van der Waals surface area (Å²) in [5, 5.41) is 32.7. The normalized spacial score (nSPS) is 22.4. The topological polar surface area (TPSA) is 422 Å². The molecule has 0 aromatic heterocycles. The molecule has 0 aliphatic carbocycles. The first-order valence-electron chi connectivity index (χ1n) is 36.9. The number of ether oxygens (including phenoxy) is 1. The zero-order valence-electron chi connectivity index (χ0n) is 64.2. The molecular formula is C74H122N14O15. The summed E-state index contributed by atoms with van der Waals surface area (Å²) in [4.78, 5) is 201. The molecule has 15 atom stereocenters. The molecule has 1 aromatic rings. The predicted octanol–water partition coefficient (Wildman–Crippen LogP) is 2.48. The average molecular weight is 1450 g/mol. The number of likely N-dealkylation sites (tertiary alicyclic amines) is 1. The van der Waals surface area contributed by atoms with Gasteiger partial charge >= 0.3 is 5.97 Å². The first kappa shape index (κ1) is 88.7. The molecule has 2 saturated heterocycles. The fourth-order valence-electron chi connectivity index (χ4n) is 11.9. The molecule has 0 saturated carbocycles. The molecule has 29 nitrogen and oxygen atoms in total. The summed E-state index contributed by atoms with van der Waals surface area (Å²) in [7, 11) is 0. The van der Waals surface area contributed by atoms with Gasteiger partial charge in [-0.3, -0.25) is 62.3 Å². The summed E-state index contributed by atoms with van der Waals surface area (Å²) < 4.78 is 5.96. The minimum absolute atomic E-state index is 0.0310. The lowest BCUT2D eigenvalue weighted by atomic mass is 9.95. The van der Waals surface area contributed by atoms with Crippen LogP contribution in [-0.4, -0.2) is 179 Å². The van der Waals surface area contributed by atoms with Crippen LogP contribution in [0.3, 0.4) is 0 Å². The van der Waals surface area contributed by atoms with Crippen LogP contribution in [0, 0.1) is 47.3 Å². The number of nitrogens with one attached hydrogen (secondary N) is 12. The van der Waals surface area contributed by atoms with Gasteiger partial charge in [0, 0.05) is 19.4 Å². The number of benzene rings is 1. The van der Waals surface area contributed by atoms with E-state index in [0.717, 1.165) is 6.42 Å². The highest BCUT2D eigenvalue weighted by Crippen LogP contribution is 2.23. The van der Waals surface area contributed by atoms with E-state index >= 15 is 9.59 Å². The summed E-state index contributed by atoms with van der Waals surface area (Å²) in [6.07, 6.45) is 2.72. The van der Waals surface area contributed by atoms with Gasteiger partial charge in [0.15, 0.2) is 0 Å². The second-order valence-electron chi connectivity index (χ2n) is 29.7. The van der Waals surface area contributed by atoms with Gasteiger partial charge in [0.1, 0.15) is 84.3 Å². The van der Waals surface area contributed by atoms with Crippen LogP contribution in [0.1, 0.15) is 195 Å². The van der Waals surface area contributed by atoms with E-state index in [9.17, 15) is 57.5 Å². The maximum atomic E-state index is 15.0. The second-order valence-corrected chi connectivity index (χ2v) is 29.7. The predicted molar refractivity (Wildman–Crippen MR) is 389 cm³/mol. The summed E-state index contributed by atoms with van der Waals surface area (Å²) in [6.45, 7) is 32.3. The number of allylic oxidation sites excluding steroid dienone is 1. The van der Waals surface area contributed by atoms with E-state index in [-0.39, 0.29) is 69.1 Å². The van der Waals surface area contributed by atoms with Gasteiger partial charge in [0.05, 0.1) is 0 Å². The molecule has 578 valence electrons. The van der Waals surface area contributed by atoms with Crippen LogP contribution < -0.4 is 69.5 Å². The Morgan fingerprint density at radius 1 is 0.602 bits per heavy atom. The molecule has 13 amide bonds. The van der Waals surface area contributed by atoms with Gasteiger partial charge < -0.3 is 79.2 Å². The summed E-state index contributed by atoms with van der Waals surface area (Å²) >= 11 is 0. The molecule has 0 unspecified atom stereocenters. The number of cyclic esters (lactones) is 1. The smallest absolute Gasteiger partial charge is 0.329 e. The molecule has 29 heteroatoms. The van der Waals surface area contributed by atoms with E-state index in [2.05, 4.69) is 77.6 Å². The average Bonchev–Trinajstić information content (AvgIpc) is 1.78. The van der Waals surface area contributed by atoms with Gasteiger partial charge in [-0.2, -0.15) is 0 Å². The molecule has 14 N–H and O–H groups in total. The van der Waals surface area contributed by atoms with Crippen LogP contribution in [0.2, 0.25) is 0 Å². The first-order valence-corrected chi connectivity index (χ1v) is 36.9. The SMILES string of the molecule is C/C=C1\NC(=O)[C@H](Cc2ccccc2)NC(=O)[C@@H](C(C)C)NC(=O)[C@@H]([C@@H](C)CC)NC(=O)[C@H](NC(=O)[C@H](NC(=O)[C@H](CCCN)NC(=O)[C@H]2CCCN2C(=O)[C@H](NC(=O)[C@@H](NC(=O)[C@H](C)NC(=O)[C@H](NC(=O)CCCC(C)C)C(C)C)C(C)C)C(C)C)[C@@H](C)CC)[C@@H](C)OC(=O)[C@H](C(C)C)NC1=O. The zero-order valence-corrected chi connectivity index (χ0v) is 64.2. The molecule has 0 bridgehead atoms. The van der Waals surface area contributed by atoms with Gasteiger partial charge in [-0.25, -0.2) is 4.79 Å². The Labute approximate surface area is 609 Å². The van der Waals surface area contributed by atoms with Crippen molar-refractivity contribution >= 4 is 82.8 Å². The molecule has 2 aliphatic rings. The highest BCUT2D eigenvalue weighted by Gasteiger charge is 2.44. The van der Waals surface area contributed by atoms with E-state index in [4.69, 9.17) is 10.5 Å². The number of rotatable bonds is 32. The highest BCUT2D eigenvalue weighted by molar-refractivity contribution is 6.03. The molecule has 3 rings (SSSR count). The Kier molecular flexibility index (Phi) is 37.0. The standard InChI is InChI=1S/C74H122N14O15/c1-20-44(16)59(71(99)87-61-47(19)103-74(102)58(43(14)15)84-63(91)49(22-3)77-65(93)51(37-48-30-24-23-25-31-48)79-68(96)55(40(8)9)82-70(98)60(45(17)21-2)86-72(61)100)85-64(92)50(32-27-35-75)78-66(94)52-33-28-36-88(52)73(101)57(42(12)13)83-69(97)56(41(10)11)81-62(90)46(18)76-67(95)54(39(6)7)80-53(89)34-26-29-38(4)5/h22-25,30-31,38-47,50-52,54-61H,20-21,26-29,32-37,75H2,1-19H3,(H,76,95)(H,77,93)(H,78,94)(H,79,96)(H,80,89)(H,81,90)(H,82,98)(H,83,97)(H,84,91)(H,85,92)(H,86,100)(H,87,99)/b49-22-/t44-,45-,46-,47+,50-,51-,52+,54+,55+,56-,57+,58-,59+,60+,61+/m0/s1. The maximum Gasteiger partial charge on any atom is 0.329 e. The van der Waals surface area contributed by atoms with E-state index in [1.165, 1.54) is 31.7 Å². The van der Waals surface area contributed by atoms with Gasteiger partial charge in [-0.05, 0) is 112 Å². The Bertz CT molecular complexity index is 3100. The number of nitrogens with zero attached hydrogens (tertiary/aromatic N) is 1. The van der Waals surface area contributed by atoms with Crippen LogP contribution >= 0.6 is 0 Å². The van der Waals surface area contributed by atoms with Gasteiger partial charge in [0.2, 0.25) is 70.9 Å². The summed E-state index contributed by atoms with van der Waals surface area (Å²) in [5.41, 5.74) is 6.35. The second kappa shape index (κ2) is 42.9. The number of amides is 13. The zero-order chi connectivity index (χ0) is 77.9. The number of carbonyl (C=O) groups excluding carboxylic acids is 14. The lowest BCUT2D eigenvalue weighted by Gasteiger charge is -2.33. The molecule has 0 spiro atoms. The Hall–Kier alpha value is -8.50. The lowest BCUT2D eigenvalue weighted by Crippen LogP contribution is -2.64. The van der Waals surface area contributed by atoms with Crippen molar-refractivity contribution in [3.8, 4) is 0 Å². The van der Waals surface area contributed by atoms with Crippen LogP contribution in [0.25, 0.3) is 0 Å². The number of hydrogen-bond acceptors (Lipinski definition) is 16. The van der Waals surface area contributed by atoms with Crippen LogP contribution in [0.5, 0.6) is 0 Å². The van der Waals surface area contributed by atoms with E-state index < -0.39 is 191 Å².